The molecule has 0 saturated heterocycles. The predicted molar refractivity (Wildman–Crippen MR) is 221 cm³/mol. The molecule has 0 aliphatic carbocycles. The van der Waals surface area contributed by atoms with Crippen LogP contribution in [0.1, 0.15) is 0 Å². The third-order valence-electron chi connectivity index (χ3n) is 10.9. The second-order valence-corrected chi connectivity index (χ2v) is 13.8. The minimum Gasteiger partial charge on any atom is -0.309 e. The fourth-order valence-corrected chi connectivity index (χ4v) is 8.45. The zero-order valence-electron chi connectivity index (χ0n) is 28.4. The van der Waals surface area contributed by atoms with Crippen LogP contribution in [0.25, 0.3) is 98.8 Å². The molecule has 9 aromatic carbocycles. The van der Waals surface area contributed by atoms with Gasteiger partial charge in [-0.05, 0) is 104 Å². The summed E-state index contributed by atoms with van der Waals surface area (Å²) in [6.07, 6.45) is 0. The summed E-state index contributed by atoms with van der Waals surface area (Å²) in [5.41, 5.74) is 12.0. The molecule has 2 nitrogen and oxygen atoms in total. The van der Waals surface area contributed by atoms with Gasteiger partial charge in [0.25, 0.3) is 0 Å². The van der Waals surface area contributed by atoms with Gasteiger partial charge in [-0.15, -0.1) is 0 Å². The number of para-hydroxylation sites is 2. The molecule has 0 spiro atoms. The van der Waals surface area contributed by atoms with Gasteiger partial charge < -0.3 is 9.13 Å². The minimum atomic E-state index is 1.16. The van der Waals surface area contributed by atoms with Crippen LogP contribution in [0.3, 0.4) is 0 Å². The lowest BCUT2D eigenvalue weighted by atomic mass is 10.0. The van der Waals surface area contributed by atoms with E-state index in [2.05, 4.69) is 203 Å². The topological polar surface area (TPSA) is 9.86 Å². The van der Waals surface area contributed by atoms with Crippen LogP contribution >= 0.6 is 0 Å². The van der Waals surface area contributed by atoms with E-state index >= 15 is 0 Å². The fraction of sp³-hybridized carbons (Fsp3) is 0. The highest BCUT2D eigenvalue weighted by Crippen LogP contribution is 2.39. The maximum Gasteiger partial charge on any atom is 0.0541 e. The molecule has 0 aliphatic heterocycles. The Hall–Kier alpha value is -6.90. The van der Waals surface area contributed by atoms with E-state index < -0.39 is 0 Å². The lowest BCUT2D eigenvalue weighted by Crippen LogP contribution is -1.94. The molecule has 2 heteroatoms. The van der Waals surface area contributed by atoms with Gasteiger partial charge in [-0.2, -0.15) is 0 Å². The van der Waals surface area contributed by atoms with E-state index in [1.165, 1.54) is 93.1 Å². The van der Waals surface area contributed by atoms with Gasteiger partial charge in [-0.3, -0.25) is 0 Å². The first-order valence-electron chi connectivity index (χ1n) is 17.9. The predicted octanol–water partition coefficient (Wildman–Crippen LogP) is 13.5. The molecule has 0 atom stereocenters. The first-order valence-corrected chi connectivity index (χ1v) is 17.9. The van der Waals surface area contributed by atoms with Crippen molar-refractivity contribution in [1.29, 1.82) is 0 Å². The van der Waals surface area contributed by atoms with E-state index in [0.29, 0.717) is 0 Å². The Bertz CT molecular complexity index is 3180. The Balaban J connectivity index is 1.08. The van der Waals surface area contributed by atoms with Crippen molar-refractivity contribution >= 4 is 65.2 Å². The molecule has 0 N–H and O–H groups in total. The van der Waals surface area contributed by atoms with E-state index in [9.17, 15) is 0 Å². The molecule has 242 valence electrons. The average molecular weight is 661 g/mol. The summed E-state index contributed by atoms with van der Waals surface area (Å²) in [5.74, 6) is 0. The average Bonchev–Trinajstić information content (AvgIpc) is 3.73. The Labute approximate surface area is 301 Å². The highest BCUT2D eigenvalue weighted by molar-refractivity contribution is 6.13. The van der Waals surface area contributed by atoms with Crippen molar-refractivity contribution in [1.82, 2.24) is 9.13 Å². The van der Waals surface area contributed by atoms with Crippen LogP contribution in [0.4, 0.5) is 0 Å². The summed E-state index contributed by atoms with van der Waals surface area (Å²) >= 11 is 0. The molecule has 2 aromatic heterocycles. The van der Waals surface area contributed by atoms with Crippen molar-refractivity contribution in [2.75, 3.05) is 0 Å². The largest absolute Gasteiger partial charge is 0.309 e. The number of hydrogen-bond acceptors (Lipinski definition) is 0. The quantitative estimate of drug-likeness (QED) is 0.166. The van der Waals surface area contributed by atoms with Gasteiger partial charge in [0.15, 0.2) is 0 Å². The molecule has 11 aromatic rings. The number of fused-ring (bicyclic) bond motifs is 9. The number of benzene rings is 9. The van der Waals surface area contributed by atoms with Crippen LogP contribution in [0.15, 0.2) is 194 Å². The summed E-state index contributed by atoms with van der Waals surface area (Å²) in [4.78, 5) is 0. The van der Waals surface area contributed by atoms with Crippen LogP contribution in [0, 0.1) is 0 Å². The van der Waals surface area contributed by atoms with E-state index in [1.54, 1.807) is 0 Å². The highest BCUT2D eigenvalue weighted by Gasteiger charge is 2.17. The van der Waals surface area contributed by atoms with Gasteiger partial charge in [0.05, 0.1) is 22.1 Å². The van der Waals surface area contributed by atoms with E-state index in [-0.39, 0.29) is 0 Å². The minimum absolute atomic E-state index is 1.16. The maximum absolute atomic E-state index is 2.43. The van der Waals surface area contributed by atoms with Gasteiger partial charge in [0.1, 0.15) is 0 Å². The summed E-state index contributed by atoms with van der Waals surface area (Å²) in [6.45, 7) is 0. The van der Waals surface area contributed by atoms with Crippen molar-refractivity contribution in [2.45, 2.75) is 0 Å². The smallest absolute Gasteiger partial charge is 0.0541 e. The van der Waals surface area contributed by atoms with Crippen molar-refractivity contribution in [3.63, 3.8) is 0 Å². The molecular weight excluding hydrogens is 629 g/mol. The number of nitrogens with zero attached hydrogens (tertiary/aromatic N) is 2. The molecule has 0 bridgehead atoms. The lowest BCUT2D eigenvalue weighted by molar-refractivity contribution is 1.18. The lowest BCUT2D eigenvalue weighted by Gasteiger charge is -2.12. The Kier molecular flexibility index (Phi) is 6.28. The normalized spacial score (nSPS) is 11.8. The Morgan fingerprint density at radius 3 is 1.38 bits per heavy atom. The van der Waals surface area contributed by atoms with Crippen LogP contribution < -0.4 is 0 Å². The molecule has 0 fully saturated rings. The van der Waals surface area contributed by atoms with Gasteiger partial charge in [-0.25, -0.2) is 0 Å². The molecule has 0 saturated carbocycles. The Morgan fingerprint density at radius 2 is 0.712 bits per heavy atom. The SMILES string of the molecule is c1ccc(-c2cccc(-n3c4ccccc4c4cc(-c5ccc6c(c5)c5ccccc5n6-c5ccc6ccc7ccccc7c6c5)ccc43)c2)cc1. The molecular formula is C50H32N2. The van der Waals surface area contributed by atoms with Gasteiger partial charge in [0, 0.05) is 32.9 Å². The zero-order chi connectivity index (χ0) is 34.2. The van der Waals surface area contributed by atoms with Crippen molar-refractivity contribution < 1.29 is 0 Å². The van der Waals surface area contributed by atoms with Crippen LogP contribution in [-0.4, -0.2) is 9.13 Å². The van der Waals surface area contributed by atoms with E-state index in [4.69, 9.17) is 0 Å². The number of hydrogen-bond donors (Lipinski definition) is 0. The molecule has 11 rings (SSSR count). The van der Waals surface area contributed by atoms with E-state index in [1.807, 2.05) is 0 Å². The van der Waals surface area contributed by atoms with Crippen LogP contribution in [0.5, 0.6) is 0 Å². The number of aromatic nitrogens is 2. The van der Waals surface area contributed by atoms with Crippen LogP contribution in [-0.2, 0) is 0 Å². The molecule has 2 heterocycles. The number of rotatable bonds is 4. The van der Waals surface area contributed by atoms with Gasteiger partial charge in [-0.1, -0.05) is 133 Å². The molecule has 0 unspecified atom stereocenters. The van der Waals surface area contributed by atoms with Gasteiger partial charge >= 0.3 is 0 Å². The summed E-state index contributed by atoms with van der Waals surface area (Å²) in [6, 6.07) is 71.0. The first kappa shape index (κ1) is 28.9. The fourth-order valence-electron chi connectivity index (χ4n) is 8.45. The molecule has 0 aliphatic rings. The third kappa shape index (κ3) is 4.38. The van der Waals surface area contributed by atoms with Crippen molar-refractivity contribution in [2.24, 2.45) is 0 Å². The summed E-state index contributed by atoms with van der Waals surface area (Å²) in [5, 5.41) is 10.1. The molecule has 0 amide bonds. The maximum atomic E-state index is 2.43. The second-order valence-electron chi connectivity index (χ2n) is 13.8. The molecule has 52 heavy (non-hydrogen) atoms. The van der Waals surface area contributed by atoms with Crippen LogP contribution in [0.2, 0.25) is 0 Å². The first-order chi connectivity index (χ1) is 25.8. The van der Waals surface area contributed by atoms with E-state index in [0.717, 1.165) is 5.69 Å². The third-order valence-corrected chi connectivity index (χ3v) is 10.9. The second kappa shape index (κ2) is 11.3. The van der Waals surface area contributed by atoms with Crippen molar-refractivity contribution in [3.05, 3.63) is 194 Å². The highest BCUT2D eigenvalue weighted by atomic mass is 15.0. The van der Waals surface area contributed by atoms with Crippen molar-refractivity contribution in [3.8, 4) is 33.6 Å². The summed E-state index contributed by atoms with van der Waals surface area (Å²) < 4.78 is 4.83. The van der Waals surface area contributed by atoms with Gasteiger partial charge in [0.2, 0.25) is 0 Å². The monoisotopic (exact) mass is 660 g/mol. The standard InChI is InChI=1S/C50H32N2/c1-2-11-33(12-3-1)36-14-10-15-39(29-36)51-47-19-8-6-17-42(47)45-30-37(24-27-49(45)51)38-25-28-50-46(31-38)43-18-7-9-20-48(43)52(50)40-26-23-35-22-21-34-13-4-5-16-41(34)44(35)32-40/h1-32H. The molecule has 0 radical (unpaired) electrons. The summed E-state index contributed by atoms with van der Waals surface area (Å²) in [7, 11) is 0. The zero-order valence-corrected chi connectivity index (χ0v) is 28.4. The Morgan fingerprint density at radius 1 is 0.231 bits per heavy atom.